The Labute approximate surface area is 216 Å². The lowest BCUT2D eigenvalue weighted by atomic mass is 10.1. The molecular formula is C29H31N5OS. The smallest absolute Gasteiger partial charge is 0.283 e. The van der Waals surface area contributed by atoms with Gasteiger partial charge in [0.1, 0.15) is 5.04 Å². The quantitative estimate of drug-likeness (QED) is 0.256. The molecule has 0 spiro atoms. The fraction of sp³-hybridized carbons (Fsp3) is 0.310. The maximum atomic E-state index is 13.0. The fourth-order valence-electron chi connectivity index (χ4n) is 4.58. The molecular weight excluding hydrogens is 466 g/mol. The fourth-order valence-corrected chi connectivity index (χ4v) is 5.51. The lowest BCUT2D eigenvalue weighted by molar-refractivity contribution is -0.114. The van der Waals surface area contributed by atoms with Gasteiger partial charge in [-0.15, -0.1) is 0 Å². The van der Waals surface area contributed by atoms with Gasteiger partial charge in [0.15, 0.2) is 5.84 Å². The van der Waals surface area contributed by atoms with Gasteiger partial charge in [-0.1, -0.05) is 80.6 Å². The molecule has 0 saturated carbocycles. The van der Waals surface area contributed by atoms with Crippen LogP contribution in [0, 0.1) is 12.3 Å². The highest BCUT2D eigenvalue weighted by atomic mass is 32.2. The van der Waals surface area contributed by atoms with Crippen LogP contribution in [0.15, 0.2) is 70.4 Å². The predicted molar refractivity (Wildman–Crippen MR) is 151 cm³/mol. The number of rotatable bonds is 9. The largest absolute Gasteiger partial charge is 0.342 e. The molecule has 36 heavy (non-hydrogen) atoms. The van der Waals surface area contributed by atoms with Gasteiger partial charge in [-0.3, -0.25) is 10.2 Å². The summed E-state index contributed by atoms with van der Waals surface area (Å²) in [5, 5.41) is 17.4. The van der Waals surface area contributed by atoms with Crippen molar-refractivity contribution in [3.63, 3.8) is 0 Å². The number of nitrogens with one attached hydrogen (secondary N) is 1. The molecule has 0 unspecified atom stereocenters. The van der Waals surface area contributed by atoms with E-state index in [2.05, 4.69) is 71.1 Å². The molecule has 2 aromatic carbocycles. The minimum atomic E-state index is -0.381. The summed E-state index contributed by atoms with van der Waals surface area (Å²) in [5.41, 5.74) is 4.70. The molecule has 0 aliphatic carbocycles. The number of hydrazone groups is 1. The number of carbonyl (C=O) groups is 1. The molecule has 0 atom stereocenters. The van der Waals surface area contributed by atoms with E-state index in [9.17, 15) is 4.79 Å². The number of aryl methyl sites for hydroxylation is 1. The van der Waals surface area contributed by atoms with E-state index in [1.165, 1.54) is 53.6 Å². The number of hydrogen-bond acceptors (Lipinski definition) is 4. The van der Waals surface area contributed by atoms with Gasteiger partial charge >= 0.3 is 0 Å². The number of carbonyl (C=O) groups excluding carboxylic acids is 1. The van der Waals surface area contributed by atoms with E-state index < -0.39 is 0 Å². The Hall–Kier alpha value is -3.45. The van der Waals surface area contributed by atoms with E-state index in [1.54, 1.807) is 6.08 Å². The number of amides is 1. The molecule has 2 aliphatic rings. The van der Waals surface area contributed by atoms with Crippen LogP contribution in [-0.4, -0.2) is 31.5 Å². The van der Waals surface area contributed by atoms with Crippen molar-refractivity contribution < 1.29 is 4.79 Å². The van der Waals surface area contributed by atoms with Crippen LogP contribution in [0.1, 0.15) is 62.1 Å². The Morgan fingerprint density at radius 1 is 1.03 bits per heavy atom. The second kappa shape index (κ2) is 10.7. The predicted octanol–water partition coefficient (Wildman–Crippen LogP) is 6.98. The lowest BCUT2D eigenvalue weighted by Gasteiger charge is -2.20. The first-order chi connectivity index (χ1) is 17.5. The number of fused-ring (bicyclic) bond motifs is 2. The molecule has 6 nitrogen and oxygen atoms in total. The first kappa shape index (κ1) is 24.3. The van der Waals surface area contributed by atoms with Crippen molar-refractivity contribution in [1.82, 2.24) is 9.58 Å². The van der Waals surface area contributed by atoms with Crippen molar-refractivity contribution in [2.24, 2.45) is 10.1 Å². The number of nitrogens with zero attached hydrogens (tertiary/aromatic N) is 4. The van der Waals surface area contributed by atoms with Crippen LogP contribution in [-0.2, 0) is 11.3 Å². The molecule has 2 aliphatic heterocycles. The Morgan fingerprint density at radius 2 is 1.81 bits per heavy atom. The zero-order valence-electron chi connectivity index (χ0n) is 20.8. The Bertz CT molecular complexity index is 1400. The number of amidine groups is 2. The minimum Gasteiger partial charge on any atom is -0.342 e. The SMILES string of the molecule is CCCCCCCC1=NN2C(=N)/C(=C/c3cn(Cc4ccc(C)cc4)c4ccccc34)C(=O)N=C2S1. The van der Waals surface area contributed by atoms with Crippen LogP contribution in [0.5, 0.6) is 0 Å². The van der Waals surface area contributed by atoms with E-state index in [4.69, 9.17) is 5.41 Å². The lowest BCUT2D eigenvalue weighted by Crippen LogP contribution is -2.35. The zero-order valence-corrected chi connectivity index (χ0v) is 21.6. The Morgan fingerprint density at radius 3 is 2.61 bits per heavy atom. The van der Waals surface area contributed by atoms with Crippen molar-refractivity contribution in [3.8, 4) is 0 Å². The molecule has 0 bridgehead atoms. The van der Waals surface area contributed by atoms with Crippen LogP contribution in [0.2, 0.25) is 0 Å². The molecule has 5 rings (SSSR count). The molecule has 3 aromatic rings. The first-order valence-corrected chi connectivity index (χ1v) is 13.5. The Balaban J connectivity index is 1.40. The number of aromatic nitrogens is 1. The number of thioether (sulfide) groups is 1. The molecule has 0 fully saturated rings. The third kappa shape index (κ3) is 5.07. The molecule has 0 radical (unpaired) electrons. The number of para-hydroxylation sites is 1. The van der Waals surface area contributed by atoms with Gasteiger partial charge in [0.2, 0.25) is 5.17 Å². The molecule has 1 aromatic heterocycles. The van der Waals surface area contributed by atoms with E-state index in [0.29, 0.717) is 5.17 Å². The highest BCUT2D eigenvalue weighted by Crippen LogP contribution is 2.31. The molecule has 0 saturated heterocycles. The summed E-state index contributed by atoms with van der Waals surface area (Å²) in [7, 11) is 0. The molecule has 1 amide bonds. The van der Waals surface area contributed by atoms with Crippen molar-refractivity contribution in [3.05, 3.63) is 77.0 Å². The average Bonchev–Trinajstić information content (AvgIpc) is 3.44. The topological polar surface area (TPSA) is 73.8 Å². The van der Waals surface area contributed by atoms with Gasteiger partial charge in [-0.2, -0.15) is 15.1 Å². The normalized spacial score (nSPS) is 16.6. The number of hydrogen-bond donors (Lipinski definition) is 1. The van der Waals surface area contributed by atoms with Crippen molar-refractivity contribution >= 4 is 50.7 Å². The van der Waals surface area contributed by atoms with Crippen LogP contribution in [0.4, 0.5) is 0 Å². The summed E-state index contributed by atoms with van der Waals surface area (Å²) < 4.78 is 2.19. The van der Waals surface area contributed by atoms with Crippen LogP contribution in [0.3, 0.4) is 0 Å². The summed E-state index contributed by atoms with van der Waals surface area (Å²) in [6.07, 6.45) is 10.7. The Kier molecular flexibility index (Phi) is 7.18. The van der Waals surface area contributed by atoms with Gasteiger partial charge in [0.05, 0.1) is 5.57 Å². The highest BCUT2D eigenvalue weighted by molar-refractivity contribution is 8.26. The molecule has 7 heteroatoms. The van der Waals surface area contributed by atoms with Gasteiger partial charge in [0, 0.05) is 29.2 Å². The monoisotopic (exact) mass is 497 g/mol. The zero-order chi connectivity index (χ0) is 25.1. The van der Waals surface area contributed by atoms with E-state index in [1.807, 2.05) is 12.1 Å². The van der Waals surface area contributed by atoms with Crippen molar-refractivity contribution in [1.29, 1.82) is 5.41 Å². The van der Waals surface area contributed by atoms with Crippen LogP contribution in [0.25, 0.3) is 17.0 Å². The van der Waals surface area contributed by atoms with Gasteiger partial charge < -0.3 is 4.57 Å². The molecule has 3 heterocycles. The third-order valence-corrected chi connectivity index (χ3v) is 7.55. The highest BCUT2D eigenvalue weighted by Gasteiger charge is 2.35. The summed E-state index contributed by atoms with van der Waals surface area (Å²) in [6, 6.07) is 16.7. The summed E-state index contributed by atoms with van der Waals surface area (Å²) in [6.45, 7) is 5.03. The maximum Gasteiger partial charge on any atom is 0.283 e. The molecule has 184 valence electrons. The maximum absolute atomic E-state index is 13.0. The van der Waals surface area contributed by atoms with Gasteiger partial charge in [0.25, 0.3) is 5.91 Å². The van der Waals surface area contributed by atoms with Crippen molar-refractivity contribution in [2.45, 2.75) is 58.9 Å². The van der Waals surface area contributed by atoms with Crippen LogP contribution >= 0.6 is 11.8 Å². The summed E-state index contributed by atoms with van der Waals surface area (Å²) in [5.74, 6) is -0.289. The van der Waals surface area contributed by atoms with E-state index in [0.717, 1.165) is 40.9 Å². The van der Waals surface area contributed by atoms with E-state index >= 15 is 0 Å². The van der Waals surface area contributed by atoms with Crippen LogP contribution < -0.4 is 0 Å². The van der Waals surface area contributed by atoms with Gasteiger partial charge in [-0.05, 0) is 49.2 Å². The molecule has 1 N–H and O–H groups in total. The first-order valence-electron chi connectivity index (χ1n) is 12.7. The summed E-state index contributed by atoms with van der Waals surface area (Å²) >= 11 is 1.42. The summed E-state index contributed by atoms with van der Waals surface area (Å²) in [4.78, 5) is 17.2. The number of unbranched alkanes of at least 4 members (excludes halogenated alkanes) is 4. The minimum absolute atomic E-state index is 0.0915. The number of aliphatic imine (C=N–C) groups is 1. The standard InChI is InChI=1S/C29H31N5OS/c1-3-4-5-6-7-12-26-32-34-27(30)24(28(35)31-29(34)36-26)17-22-19-33(25-11-9-8-10-23(22)25)18-21-15-13-20(2)14-16-21/h8-11,13-17,19,30H,3-7,12,18H2,1-2H3/b24-17-,30-27?. The second-order valence-corrected chi connectivity index (χ2v) is 10.4. The van der Waals surface area contributed by atoms with E-state index in [-0.39, 0.29) is 17.3 Å². The third-order valence-electron chi connectivity index (χ3n) is 6.58. The van der Waals surface area contributed by atoms with Crippen molar-refractivity contribution in [2.75, 3.05) is 0 Å². The number of benzene rings is 2. The average molecular weight is 498 g/mol. The second-order valence-electron chi connectivity index (χ2n) is 9.39. The van der Waals surface area contributed by atoms with Gasteiger partial charge in [-0.25, -0.2) is 0 Å².